The second kappa shape index (κ2) is 5.24. The monoisotopic (exact) mass is 254 g/mol. The summed E-state index contributed by atoms with van der Waals surface area (Å²) < 4.78 is 5.59. The fourth-order valence-electron chi connectivity index (χ4n) is 1.74. The molecule has 1 fully saturated rings. The number of rotatable bonds is 7. The van der Waals surface area contributed by atoms with E-state index in [2.05, 4.69) is 15.5 Å². The topological polar surface area (TPSA) is 74.4 Å². The van der Waals surface area contributed by atoms with Gasteiger partial charge in [-0.1, -0.05) is 5.10 Å². The minimum atomic E-state index is -0.781. The van der Waals surface area contributed by atoms with Crippen molar-refractivity contribution in [2.24, 2.45) is 0 Å². The second-order valence-corrected chi connectivity index (χ2v) is 5.46. The number of likely N-dealkylation sites (N-methyl/N-ethyl adjacent to an activating group) is 1. The van der Waals surface area contributed by atoms with Crippen LogP contribution in [0, 0.1) is 0 Å². The largest absolute Gasteiger partial charge is 0.407 e. The van der Waals surface area contributed by atoms with E-state index in [0.717, 1.165) is 6.54 Å². The van der Waals surface area contributed by atoms with Gasteiger partial charge in [-0.05, 0) is 33.6 Å². The van der Waals surface area contributed by atoms with Gasteiger partial charge in [-0.15, -0.1) is 5.10 Å². The zero-order valence-electron chi connectivity index (χ0n) is 11.3. The van der Waals surface area contributed by atoms with E-state index in [1.807, 2.05) is 11.8 Å². The molecule has 0 aromatic carbocycles. The van der Waals surface area contributed by atoms with Crippen molar-refractivity contribution in [3.63, 3.8) is 0 Å². The highest BCUT2D eigenvalue weighted by atomic mass is 16.4. The minimum Gasteiger partial charge on any atom is -0.407 e. The average Bonchev–Trinajstić information content (AvgIpc) is 3.00. The molecule has 0 amide bonds. The summed E-state index contributed by atoms with van der Waals surface area (Å²) in [6.45, 7) is 7.35. The van der Waals surface area contributed by atoms with Crippen molar-refractivity contribution in [2.45, 2.75) is 51.8 Å². The van der Waals surface area contributed by atoms with Crippen LogP contribution in [0.5, 0.6) is 0 Å². The van der Waals surface area contributed by atoms with Gasteiger partial charge in [0.25, 0.3) is 0 Å². The molecule has 0 atom stereocenters. The zero-order valence-corrected chi connectivity index (χ0v) is 11.3. The quantitative estimate of drug-likeness (QED) is 0.753. The molecule has 6 nitrogen and oxygen atoms in total. The molecule has 18 heavy (non-hydrogen) atoms. The van der Waals surface area contributed by atoms with Crippen molar-refractivity contribution >= 4 is 6.01 Å². The van der Waals surface area contributed by atoms with E-state index in [1.165, 1.54) is 12.8 Å². The van der Waals surface area contributed by atoms with Crippen LogP contribution in [0.4, 0.5) is 6.01 Å². The summed E-state index contributed by atoms with van der Waals surface area (Å²) >= 11 is 0. The number of anilines is 1. The Bertz CT molecular complexity index is 382. The molecular weight excluding hydrogens is 232 g/mol. The molecule has 6 heteroatoms. The maximum Gasteiger partial charge on any atom is 0.318 e. The molecule has 1 aliphatic carbocycles. The average molecular weight is 254 g/mol. The standard InChI is InChI=1S/C12H22N4O2/c1-4-16(8-12(2,3)17)11-15-14-10(18-11)7-13-9-5-6-9/h9,13,17H,4-8H2,1-3H3. The molecule has 0 radical (unpaired) electrons. The van der Waals surface area contributed by atoms with Gasteiger partial charge >= 0.3 is 6.01 Å². The fourth-order valence-corrected chi connectivity index (χ4v) is 1.74. The first kappa shape index (κ1) is 13.3. The van der Waals surface area contributed by atoms with Gasteiger partial charge in [-0.2, -0.15) is 0 Å². The Morgan fingerprint density at radius 3 is 2.72 bits per heavy atom. The van der Waals surface area contributed by atoms with Crippen molar-refractivity contribution in [2.75, 3.05) is 18.0 Å². The molecular formula is C12H22N4O2. The number of nitrogens with one attached hydrogen (secondary N) is 1. The van der Waals surface area contributed by atoms with Crippen LogP contribution < -0.4 is 10.2 Å². The molecule has 0 unspecified atom stereocenters. The Kier molecular flexibility index (Phi) is 3.87. The fraction of sp³-hybridized carbons (Fsp3) is 0.833. The number of nitrogens with zero attached hydrogens (tertiary/aromatic N) is 3. The summed E-state index contributed by atoms with van der Waals surface area (Å²) in [5.41, 5.74) is -0.781. The van der Waals surface area contributed by atoms with Crippen molar-refractivity contribution < 1.29 is 9.52 Å². The summed E-state index contributed by atoms with van der Waals surface area (Å²) in [6.07, 6.45) is 2.47. The van der Waals surface area contributed by atoms with Gasteiger partial charge in [0.05, 0.1) is 18.7 Å². The Balaban J connectivity index is 1.93. The highest BCUT2D eigenvalue weighted by Crippen LogP contribution is 2.20. The summed E-state index contributed by atoms with van der Waals surface area (Å²) in [7, 11) is 0. The van der Waals surface area contributed by atoms with Crippen molar-refractivity contribution in [3.8, 4) is 0 Å². The van der Waals surface area contributed by atoms with E-state index in [4.69, 9.17) is 4.42 Å². The lowest BCUT2D eigenvalue weighted by molar-refractivity contribution is 0.0863. The van der Waals surface area contributed by atoms with Crippen LogP contribution in [0.25, 0.3) is 0 Å². The predicted molar refractivity (Wildman–Crippen MR) is 68.3 cm³/mol. The minimum absolute atomic E-state index is 0.473. The highest BCUT2D eigenvalue weighted by Gasteiger charge is 2.23. The maximum absolute atomic E-state index is 9.83. The van der Waals surface area contributed by atoms with Gasteiger partial charge in [-0.25, -0.2) is 0 Å². The normalized spacial score (nSPS) is 16.0. The van der Waals surface area contributed by atoms with Gasteiger partial charge in [0.2, 0.25) is 5.89 Å². The van der Waals surface area contributed by atoms with E-state index < -0.39 is 5.60 Å². The maximum atomic E-state index is 9.83. The molecule has 2 N–H and O–H groups in total. The Hall–Kier alpha value is -1.14. The third kappa shape index (κ3) is 3.96. The first-order valence-electron chi connectivity index (χ1n) is 6.51. The van der Waals surface area contributed by atoms with E-state index in [0.29, 0.717) is 31.0 Å². The number of hydrogen-bond acceptors (Lipinski definition) is 6. The molecule has 1 aromatic heterocycles. The number of aliphatic hydroxyl groups is 1. The lowest BCUT2D eigenvalue weighted by atomic mass is 10.1. The summed E-state index contributed by atoms with van der Waals surface area (Å²) in [5.74, 6) is 0.603. The number of aromatic nitrogens is 2. The smallest absolute Gasteiger partial charge is 0.318 e. The Morgan fingerprint density at radius 2 is 2.17 bits per heavy atom. The zero-order chi connectivity index (χ0) is 13.2. The van der Waals surface area contributed by atoms with Crippen LogP contribution in [-0.4, -0.2) is 40.0 Å². The predicted octanol–water partition coefficient (Wildman–Crippen LogP) is 0.919. The van der Waals surface area contributed by atoms with Crippen LogP contribution in [0.1, 0.15) is 39.5 Å². The van der Waals surface area contributed by atoms with Crippen LogP contribution in [0.3, 0.4) is 0 Å². The molecule has 1 aromatic rings. The summed E-state index contributed by atoms with van der Waals surface area (Å²) in [6, 6.07) is 1.10. The van der Waals surface area contributed by atoms with Crippen LogP contribution in [-0.2, 0) is 6.54 Å². The molecule has 0 bridgehead atoms. The first-order chi connectivity index (χ1) is 8.48. The second-order valence-electron chi connectivity index (χ2n) is 5.46. The Morgan fingerprint density at radius 1 is 1.44 bits per heavy atom. The Labute approximate surface area is 107 Å². The van der Waals surface area contributed by atoms with Gasteiger partial charge in [0.1, 0.15) is 0 Å². The van der Waals surface area contributed by atoms with Crippen molar-refractivity contribution in [1.29, 1.82) is 0 Å². The van der Waals surface area contributed by atoms with Crippen LogP contribution in [0.2, 0.25) is 0 Å². The lowest BCUT2D eigenvalue weighted by Gasteiger charge is -2.26. The molecule has 0 spiro atoms. The lowest BCUT2D eigenvalue weighted by Crippen LogP contribution is -2.38. The van der Waals surface area contributed by atoms with Crippen LogP contribution in [0.15, 0.2) is 4.42 Å². The molecule has 1 aliphatic rings. The van der Waals surface area contributed by atoms with Crippen molar-refractivity contribution in [1.82, 2.24) is 15.5 Å². The number of hydrogen-bond donors (Lipinski definition) is 2. The van der Waals surface area contributed by atoms with Gasteiger partial charge < -0.3 is 19.7 Å². The van der Waals surface area contributed by atoms with E-state index in [-0.39, 0.29) is 0 Å². The molecule has 0 aliphatic heterocycles. The third-order valence-corrected chi connectivity index (χ3v) is 2.81. The van der Waals surface area contributed by atoms with Gasteiger partial charge in [-0.3, -0.25) is 0 Å². The third-order valence-electron chi connectivity index (χ3n) is 2.81. The highest BCUT2D eigenvalue weighted by molar-refractivity contribution is 5.24. The molecule has 2 rings (SSSR count). The molecule has 0 saturated heterocycles. The summed E-state index contributed by atoms with van der Waals surface area (Å²) in [5, 5.41) is 21.2. The SMILES string of the molecule is CCN(CC(C)(C)O)c1nnc(CNC2CC2)o1. The van der Waals surface area contributed by atoms with Gasteiger partial charge in [0.15, 0.2) is 0 Å². The van der Waals surface area contributed by atoms with E-state index in [1.54, 1.807) is 13.8 Å². The summed E-state index contributed by atoms with van der Waals surface area (Å²) in [4.78, 5) is 1.88. The van der Waals surface area contributed by atoms with Gasteiger partial charge in [0, 0.05) is 12.6 Å². The van der Waals surface area contributed by atoms with Crippen molar-refractivity contribution in [3.05, 3.63) is 5.89 Å². The van der Waals surface area contributed by atoms with Crippen LogP contribution >= 0.6 is 0 Å². The molecule has 102 valence electrons. The first-order valence-corrected chi connectivity index (χ1v) is 6.51. The molecule has 1 saturated carbocycles. The molecule has 1 heterocycles. The van der Waals surface area contributed by atoms with E-state index >= 15 is 0 Å². The van der Waals surface area contributed by atoms with E-state index in [9.17, 15) is 5.11 Å².